The van der Waals surface area contributed by atoms with Crippen molar-refractivity contribution in [2.24, 2.45) is 18.4 Å². The fraction of sp³-hybridized carbons (Fsp3) is 0.511. The Hall–Kier alpha value is -5.64. The molecule has 4 saturated heterocycles. The average molecular weight is 870 g/mol. The Balaban J connectivity index is 0.973. The van der Waals surface area contributed by atoms with Crippen molar-refractivity contribution in [1.29, 1.82) is 0 Å². The number of hydrogen-bond acceptors (Lipinski definition) is 10. The number of piperidine rings is 3. The van der Waals surface area contributed by atoms with Gasteiger partial charge in [0.1, 0.15) is 29.5 Å². The van der Waals surface area contributed by atoms with Gasteiger partial charge < -0.3 is 23.8 Å². The van der Waals surface area contributed by atoms with E-state index in [9.17, 15) is 23.6 Å². The molecular formula is C47H54F3N7O6. The van der Waals surface area contributed by atoms with Gasteiger partial charge in [-0.05, 0) is 68.0 Å². The number of rotatable bonds is 10. The first-order chi connectivity index (χ1) is 30.2. The molecule has 3 amide bonds. The van der Waals surface area contributed by atoms with Crippen molar-refractivity contribution in [2.45, 2.75) is 83.0 Å². The summed E-state index contributed by atoms with van der Waals surface area (Å²) < 4.78 is 59.9. The molecule has 0 bridgehead atoms. The maximum absolute atomic E-state index is 16.4. The quantitative estimate of drug-likeness (QED) is 0.189. The molecule has 5 aliphatic rings. The van der Waals surface area contributed by atoms with Crippen molar-refractivity contribution >= 4 is 45.7 Å². The van der Waals surface area contributed by atoms with Crippen LogP contribution < -0.4 is 35.0 Å². The summed E-state index contributed by atoms with van der Waals surface area (Å²) in [5.41, 5.74) is 3.16. The standard InChI is InChI=1S/C47H54F3N7O6/c1-5-7-28-18-32-36(8-6-9-37(32)57(44(28)60)38-10-11-42(58)52-43(38)59)55-16-12-46(13-17-55)27-54(15-14-47(46,49)50)26-35-39(62-3)19-29(20-40(35)63-4)34-25-53(2)45(61)33-22-51-41(21-31(33)34)56-23-30(48)24-56/h6,8-9,19-22,25,28,30,38H,5,7,10-18,23-24,26-27H2,1-4H3,(H,52,58,59). The molecule has 4 fully saturated rings. The molecule has 1 N–H and O–H groups in total. The monoisotopic (exact) mass is 869 g/mol. The van der Waals surface area contributed by atoms with E-state index in [1.807, 2.05) is 48.2 Å². The average Bonchev–Trinajstić information content (AvgIpc) is 3.26. The second-order valence-electron chi connectivity index (χ2n) is 18.0. The number of benzene rings is 2. The number of carbonyl (C=O) groups excluding carboxylic acids is 3. The van der Waals surface area contributed by atoms with Gasteiger partial charge >= 0.3 is 0 Å². The van der Waals surface area contributed by atoms with Crippen LogP contribution in [0.2, 0.25) is 0 Å². The summed E-state index contributed by atoms with van der Waals surface area (Å²) in [7, 11) is 4.80. The number of aryl methyl sites for hydroxylation is 1. The van der Waals surface area contributed by atoms with Crippen molar-refractivity contribution in [1.82, 2.24) is 19.8 Å². The Morgan fingerprint density at radius 1 is 0.921 bits per heavy atom. The summed E-state index contributed by atoms with van der Waals surface area (Å²) in [4.78, 5) is 64.4. The number of anilines is 3. The first kappa shape index (κ1) is 42.7. The van der Waals surface area contributed by atoms with Gasteiger partial charge in [-0.25, -0.2) is 18.2 Å². The molecule has 13 nitrogen and oxygen atoms in total. The molecule has 5 aliphatic heterocycles. The van der Waals surface area contributed by atoms with Crippen LogP contribution in [0.3, 0.4) is 0 Å². The first-order valence-electron chi connectivity index (χ1n) is 22.0. The van der Waals surface area contributed by atoms with E-state index in [0.717, 1.165) is 34.4 Å². The number of imide groups is 1. The highest BCUT2D eigenvalue weighted by Crippen LogP contribution is 2.52. The second kappa shape index (κ2) is 16.5. The number of aromatic nitrogens is 2. The minimum absolute atomic E-state index is 0.119. The highest BCUT2D eigenvalue weighted by Gasteiger charge is 2.57. The van der Waals surface area contributed by atoms with E-state index in [0.29, 0.717) is 66.3 Å². The summed E-state index contributed by atoms with van der Waals surface area (Å²) in [6.45, 7) is 3.94. The summed E-state index contributed by atoms with van der Waals surface area (Å²) >= 11 is 0. The number of likely N-dealkylation sites (tertiary alicyclic amines) is 1. The third kappa shape index (κ3) is 7.47. The summed E-state index contributed by atoms with van der Waals surface area (Å²) in [6.07, 6.45) is 4.88. The molecule has 7 heterocycles. The molecule has 0 aliphatic carbocycles. The number of nitrogens with zero attached hydrogens (tertiary/aromatic N) is 6. The number of fused-ring (bicyclic) bond motifs is 2. The maximum Gasteiger partial charge on any atom is 0.259 e. The second-order valence-corrected chi connectivity index (χ2v) is 18.0. The number of nitrogens with one attached hydrogen (secondary N) is 1. The highest BCUT2D eigenvalue weighted by molar-refractivity contribution is 6.09. The lowest BCUT2D eigenvalue weighted by Crippen LogP contribution is -2.59. The van der Waals surface area contributed by atoms with E-state index in [1.54, 1.807) is 32.4 Å². The Labute approximate surface area is 364 Å². The zero-order valence-electron chi connectivity index (χ0n) is 36.2. The first-order valence-corrected chi connectivity index (χ1v) is 22.0. The Kier molecular flexibility index (Phi) is 11.2. The molecule has 334 valence electrons. The molecule has 2 unspecified atom stereocenters. The van der Waals surface area contributed by atoms with Gasteiger partial charge in [0.15, 0.2) is 0 Å². The van der Waals surface area contributed by atoms with Gasteiger partial charge in [-0.2, -0.15) is 0 Å². The Bertz CT molecular complexity index is 2510. The Morgan fingerprint density at radius 3 is 2.30 bits per heavy atom. The smallest absolute Gasteiger partial charge is 0.259 e. The van der Waals surface area contributed by atoms with Crippen LogP contribution in [0.4, 0.5) is 30.4 Å². The number of hydrogen-bond donors (Lipinski definition) is 1. The van der Waals surface area contributed by atoms with Crippen molar-refractivity contribution in [2.75, 3.05) is 68.2 Å². The molecule has 0 saturated carbocycles. The summed E-state index contributed by atoms with van der Waals surface area (Å²) in [6, 6.07) is 10.5. The molecule has 0 radical (unpaired) electrons. The van der Waals surface area contributed by atoms with Gasteiger partial charge in [0.05, 0.1) is 43.7 Å². The normalized spacial score (nSPS) is 22.6. The number of ether oxygens (including phenoxy) is 2. The molecule has 9 rings (SSSR count). The third-order valence-electron chi connectivity index (χ3n) is 14.2. The largest absolute Gasteiger partial charge is 0.496 e. The fourth-order valence-electron chi connectivity index (χ4n) is 10.7. The third-order valence-corrected chi connectivity index (χ3v) is 14.2. The van der Waals surface area contributed by atoms with Crippen LogP contribution in [0.1, 0.15) is 63.0 Å². The van der Waals surface area contributed by atoms with Gasteiger partial charge in [-0.15, -0.1) is 0 Å². The fourth-order valence-corrected chi connectivity index (χ4v) is 10.7. The van der Waals surface area contributed by atoms with Crippen LogP contribution in [0.5, 0.6) is 11.5 Å². The van der Waals surface area contributed by atoms with Crippen molar-refractivity contribution in [3.05, 3.63) is 70.3 Å². The topological polar surface area (TPSA) is 130 Å². The SMILES string of the molecule is CCCC1Cc2c(N3CCC4(CC3)CN(Cc3c(OC)cc(-c5cn(C)c(=O)c6cnc(N7CC(F)C7)cc56)cc3OC)CCC4(F)F)cccc2N(C2CCC(=O)NC2=O)C1=O. The van der Waals surface area contributed by atoms with Gasteiger partial charge in [0, 0.05) is 98.8 Å². The van der Waals surface area contributed by atoms with Crippen LogP contribution in [-0.4, -0.2) is 104 Å². The van der Waals surface area contributed by atoms with Crippen LogP contribution in [0.15, 0.2) is 53.6 Å². The predicted molar refractivity (Wildman–Crippen MR) is 234 cm³/mol. The summed E-state index contributed by atoms with van der Waals surface area (Å²) in [5.74, 6) is -2.56. The van der Waals surface area contributed by atoms with Crippen molar-refractivity contribution in [3.8, 4) is 22.6 Å². The van der Waals surface area contributed by atoms with E-state index in [1.165, 1.54) is 10.8 Å². The zero-order chi connectivity index (χ0) is 44.4. The summed E-state index contributed by atoms with van der Waals surface area (Å²) in [5, 5.41) is 3.48. The van der Waals surface area contributed by atoms with Crippen molar-refractivity contribution in [3.63, 3.8) is 0 Å². The highest BCUT2D eigenvalue weighted by atomic mass is 19.3. The zero-order valence-corrected chi connectivity index (χ0v) is 36.2. The van der Waals surface area contributed by atoms with Gasteiger partial charge in [-0.3, -0.25) is 34.3 Å². The number of methoxy groups -OCH3 is 2. The van der Waals surface area contributed by atoms with E-state index in [4.69, 9.17) is 9.47 Å². The van der Waals surface area contributed by atoms with E-state index in [-0.39, 0.29) is 81.6 Å². The van der Waals surface area contributed by atoms with Crippen LogP contribution in [0, 0.1) is 11.3 Å². The maximum atomic E-state index is 16.4. The molecular weight excluding hydrogens is 816 g/mol. The molecule has 1 spiro atoms. The van der Waals surface area contributed by atoms with Crippen molar-refractivity contribution < 1.29 is 37.0 Å². The lowest BCUT2D eigenvalue weighted by Gasteiger charge is -2.52. The molecule has 2 aromatic carbocycles. The molecule has 4 aromatic rings. The van der Waals surface area contributed by atoms with Crippen LogP contribution in [0.25, 0.3) is 21.9 Å². The lowest BCUT2D eigenvalue weighted by atomic mass is 9.69. The number of amides is 3. The number of alkyl halides is 3. The lowest BCUT2D eigenvalue weighted by molar-refractivity contribution is -0.177. The number of halogens is 3. The van der Waals surface area contributed by atoms with Gasteiger partial charge in [-0.1, -0.05) is 19.4 Å². The number of pyridine rings is 2. The molecule has 63 heavy (non-hydrogen) atoms. The van der Waals surface area contributed by atoms with E-state index < -0.39 is 29.5 Å². The van der Waals surface area contributed by atoms with Crippen LogP contribution >= 0.6 is 0 Å². The van der Waals surface area contributed by atoms with Gasteiger partial charge in [0.25, 0.3) is 11.5 Å². The molecule has 16 heteroatoms. The minimum atomic E-state index is -2.90. The van der Waals surface area contributed by atoms with Gasteiger partial charge in [0.2, 0.25) is 17.7 Å². The van der Waals surface area contributed by atoms with E-state index >= 15 is 8.78 Å². The molecule has 2 atom stereocenters. The van der Waals surface area contributed by atoms with E-state index in [2.05, 4.69) is 20.1 Å². The minimum Gasteiger partial charge on any atom is -0.496 e. The number of carbonyl (C=O) groups is 3. The predicted octanol–water partition coefficient (Wildman–Crippen LogP) is 6.01. The Morgan fingerprint density at radius 2 is 1.63 bits per heavy atom. The van der Waals surface area contributed by atoms with Crippen LogP contribution in [-0.2, 0) is 34.4 Å². The molecule has 2 aromatic heterocycles.